The quantitative estimate of drug-likeness (QED) is 0.547. The third kappa shape index (κ3) is 1.60. The summed E-state index contributed by atoms with van der Waals surface area (Å²) in [7, 11) is 0. The predicted molar refractivity (Wildman–Crippen MR) is 92.1 cm³/mol. The van der Waals surface area contributed by atoms with Crippen LogP contribution in [0.4, 0.5) is 0 Å². The Bertz CT molecular complexity index is 922. The zero-order chi connectivity index (χ0) is 15.5. The third-order valence-electron chi connectivity index (χ3n) is 5.25. The average molecular weight is 288 g/mol. The lowest BCUT2D eigenvalue weighted by molar-refractivity contribution is 0.594. The molecule has 0 aliphatic heterocycles. The van der Waals surface area contributed by atoms with Gasteiger partial charge in [-0.15, -0.1) is 0 Å². The van der Waals surface area contributed by atoms with Crippen molar-refractivity contribution in [3.8, 4) is 0 Å². The standard InChI is InChI=1S/C21H20O/c1-13-15-9-6-8-12-18(15)22-20(13)19-14(2)21(3,4)17-11-7-5-10-16(17)19/h5-12H,1-4H3. The van der Waals surface area contributed by atoms with Crippen LogP contribution in [0, 0.1) is 6.92 Å². The molecular formula is C21H20O. The van der Waals surface area contributed by atoms with Crippen LogP contribution in [-0.4, -0.2) is 0 Å². The van der Waals surface area contributed by atoms with Gasteiger partial charge in [0.15, 0.2) is 0 Å². The maximum absolute atomic E-state index is 6.25. The third-order valence-corrected chi connectivity index (χ3v) is 5.25. The van der Waals surface area contributed by atoms with Crippen molar-refractivity contribution >= 4 is 16.5 Å². The number of benzene rings is 2. The predicted octanol–water partition coefficient (Wildman–Crippen LogP) is 5.85. The van der Waals surface area contributed by atoms with Crippen LogP contribution in [0.3, 0.4) is 0 Å². The Hall–Kier alpha value is -2.28. The first-order valence-electron chi connectivity index (χ1n) is 7.81. The summed E-state index contributed by atoms with van der Waals surface area (Å²) < 4.78 is 6.25. The van der Waals surface area contributed by atoms with Gasteiger partial charge >= 0.3 is 0 Å². The molecule has 0 atom stereocenters. The van der Waals surface area contributed by atoms with E-state index in [9.17, 15) is 0 Å². The summed E-state index contributed by atoms with van der Waals surface area (Å²) in [6.07, 6.45) is 0. The lowest BCUT2D eigenvalue weighted by Gasteiger charge is -2.21. The average Bonchev–Trinajstić information content (AvgIpc) is 2.94. The first kappa shape index (κ1) is 13.4. The highest BCUT2D eigenvalue weighted by Crippen LogP contribution is 2.49. The second-order valence-corrected chi connectivity index (χ2v) is 6.72. The van der Waals surface area contributed by atoms with E-state index in [-0.39, 0.29) is 5.41 Å². The van der Waals surface area contributed by atoms with Gasteiger partial charge in [-0.05, 0) is 31.0 Å². The molecule has 1 heterocycles. The molecule has 1 nitrogen and oxygen atoms in total. The normalized spacial score (nSPS) is 16.4. The van der Waals surface area contributed by atoms with Crippen molar-refractivity contribution in [1.82, 2.24) is 0 Å². The monoisotopic (exact) mass is 288 g/mol. The van der Waals surface area contributed by atoms with Crippen molar-refractivity contribution in [2.75, 3.05) is 0 Å². The molecule has 1 aliphatic rings. The zero-order valence-electron chi connectivity index (χ0n) is 13.5. The number of aryl methyl sites for hydroxylation is 1. The Morgan fingerprint density at radius 3 is 2.32 bits per heavy atom. The van der Waals surface area contributed by atoms with Crippen LogP contribution in [0.25, 0.3) is 16.5 Å². The van der Waals surface area contributed by atoms with Gasteiger partial charge in [0.25, 0.3) is 0 Å². The van der Waals surface area contributed by atoms with Gasteiger partial charge in [-0.1, -0.05) is 61.9 Å². The molecule has 4 rings (SSSR count). The van der Waals surface area contributed by atoms with Gasteiger partial charge < -0.3 is 4.42 Å². The van der Waals surface area contributed by atoms with Crippen molar-refractivity contribution < 1.29 is 4.42 Å². The fourth-order valence-electron chi connectivity index (χ4n) is 3.67. The van der Waals surface area contributed by atoms with Gasteiger partial charge in [-0.2, -0.15) is 0 Å². The van der Waals surface area contributed by atoms with Crippen LogP contribution >= 0.6 is 0 Å². The molecule has 0 saturated heterocycles. The molecule has 0 unspecified atom stereocenters. The molecule has 3 aromatic rings. The topological polar surface area (TPSA) is 13.1 Å². The molecular weight excluding hydrogens is 268 g/mol. The Labute approximate surface area is 131 Å². The van der Waals surface area contributed by atoms with Crippen molar-refractivity contribution in [2.24, 2.45) is 0 Å². The SMILES string of the molecule is CC1=C(c2oc3ccccc3c2C)c2ccccc2C1(C)C. The van der Waals surface area contributed by atoms with Crippen molar-refractivity contribution in [1.29, 1.82) is 0 Å². The molecule has 0 bridgehead atoms. The Balaban J connectivity index is 2.06. The van der Waals surface area contributed by atoms with Crippen LogP contribution in [-0.2, 0) is 5.41 Å². The largest absolute Gasteiger partial charge is 0.456 e. The zero-order valence-corrected chi connectivity index (χ0v) is 13.5. The fraction of sp³-hybridized carbons (Fsp3) is 0.238. The van der Waals surface area contributed by atoms with E-state index in [0.29, 0.717) is 0 Å². The van der Waals surface area contributed by atoms with E-state index >= 15 is 0 Å². The lowest BCUT2D eigenvalue weighted by Crippen LogP contribution is -2.15. The van der Waals surface area contributed by atoms with Crippen molar-refractivity contribution in [2.45, 2.75) is 33.1 Å². The van der Waals surface area contributed by atoms with Gasteiger partial charge in [0, 0.05) is 21.9 Å². The number of furan rings is 1. The van der Waals surface area contributed by atoms with E-state index in [0.717, 1.165) is 11.3 Å². The molecule has 1 aliphatic carbocycles. The molecule has 0 saturated carbocycles. The van der Waals surface area contributed by atoms with Crippen LogP contribution in [0.15, 0.2) is 58.5 Å². The van der Waals surface area contributed by atoms with E-state index in [2.05, 4.69) is 64.1 Å². The van der Waals surface area contributed by atoms with Gasteiger partial charge in [-0.3, -0.25) is 0 Å². The smallest absolute Gasteiger partial charge is 0.138 e. The molecule has 0 fully saturated rings. The van der Waals surface area contributed by atoms with Crippen LogP contribution in [0.1, 0.15) is 43.2 Å². The minimum atomic E-state index is 0.0529. The molecule has 0 N–H and O–H groups in total. The second kappa shape index (κ2) is 4.36. The second-order valence-electron chi connectivity index (χ2n) is 6.72. The maximum atomic E-state index is 6.25. The van der Waals surface area contributed by atoms with E-state index in [1.807, 2.05) is 12.1 Å². The number of hydrogen-bond donors (Lipinski definition) is 0. The number of para-hydroxylation sites is 1. The number of allylic oxidation sites excluding steroid dienone is 1. The summed E-state index contributed by atoms with van der Waals surface area (Å²) in [6, 6.07) is 17.0. The molecule has 0 amide bonds. The Morgan fingerprint density at radius 2 is 1.55 bits per heavy atom. The van der Waals surface area contributed by atoms with E-state index in [4.69, 9.17) is 4.42 Å². The highest BCUT2D eigenvalue weighted by molar-refractivity contribution is 5.94. The minimum absolute atomic E-state index is 0.0529. The molecule has 110 valence electrons. The number of fused-ring (bicyclic) bond motifs is 2. The molecule has 2 aromatic carbocycles. The molecule has 1 aromatic heterocycles. The van der Waals surface area contributed by atoms with E-state index in [1.54, 1.807) is 0 Å². The summed E-state index contributed by atoms with van der Waals surface area (Å²) in [5.41, 5.74) is 7.62. The van der Waals surface area contributed by atoms with Gasteiger partial charge in [0.05, 0.1) is 0 Å². The highest BCUT2D eigenvalue weighted by atomic mass is 16.3. The van der Waals surface area contributed by atoms with Gasteiger partial charge in [0.2, 0.25) is 0 Å². The van der Waals surface area contributed by atoms with E-state index in [1.165, 1.54) is 33.2 Å². The van der Waals surface area contributed by atoms with Gasteiger partial charge in [-0.25, -0.2) is 0 Å². The summed E-state index contributed by atoms with van der Waals surface area (Å²) in [5.74, 6) is 1.02. The molecule has 1 heteroatoms. The molecule has 0 spiro atoms. The Morgan fingerprint density at radius 1 is 0.864 bits per heavy atom. The highest BCUT2D eigenvalue weighted by Gasteiger charge is 2.37. The van der Waals surface area contributed by atoms with Crippen molar-refractivity contribution in [3.63, 3.8) is 0 Å². The lowest BCUT2D eigenvalue weighted by atomic mass is 9.82. The minimum Gasteiger partial charge on any atom is -0.456 e. The molecule has 22 heavy (non-hydrogen) atoms. The van der Waals surface area contributed by atoms with Crippen LogP contribution < -0.4 is 0 Å². The van der Waals surface area contributed by atoms with Gasteiger partial charge in [0.1, 0.15) is 11.3 Å². The molecule has 0 radical (unpaired) electrons. The summed E-state index contributed by atoms with van der Waals surface area (Å²) in [6.45, 7) is 9.00. The first-order valence-corrected chi connectivity index (χ1v) is 7.81. The first-order chi connectivity index (χ1) is 10.5. The van der Waals surface area contributed by atoms with Crippen LogP contribution in [0.5, 0.6) is 0 Å². The Kier molecular flexibility index (Phi) is 2.65. The number of rotatable bonds is 1. The number of hydrogen-bond acceptors (Lipinski definition) is 1. The van der Waals surface area contributed by atoms with E-state index < -0.39 is 0 Å². The fourth-order valence-corrected chi connectivity index (χ4v) is 3.67. The van der Waals surface area contributed by atoms with Crippen molar-refractivity contribution in [3.05, 3.63) is 76.6 Å². The summed E-state index contributed by atoms with van der Waals surface area (Å²) in [5, 5.41) is 1.21. The van der Waals surface area contributed by atoms with Crippen LogP contribution in [0.2, 0.25) is 0 Å². The summed E-state index contributed by atoms with van der Waals surface area (Å²) >= 11 is 0. The maximum Gasteiger partial charge on any atom is 0.138 e. The summed E-state index contributed by atoms with van der Waals surface area (Å²) in [4.78, 5) is 0.